The largest absolute Gasteiger partial charge is 0.307 e. The summed E-state index contributed by atoms with van der Waals surface area (Å²) < 4.78 is 12.9. The van der Waals surface area contributed by atoms with Crippen LogP contribution in [0.2, 0.25) is 0 Å². The number of carbonyl (C=O) groups excluding carboxylic acids is 1. The van der Waals surface area contributed by atoms with Crippen molar-refractivity contribution in [3.05, 3.63) is 47.8 Å². The van der Waals surface area contributed by atoms with Crippen molar-refractivity contribution in [2.24, 2.45) is 10.9 Å². The molecule has 0 aromatic heterocycles. The fourth-order valence-electron chi connectivity index (χ4n) is 1.51. The number of halogens is 1. The molecule has 88 valence electrons. The van der Waals surface area contributed by atoms with Gasteiger partial charge >= 0.3 is 0 Å². The van der Waals surface area contributed by atoms with Crippen LogP contribution in [0.1, 0.15) is 17.3 Å². The zero-order chi connectivity index (χ0) is 12.3. The Labute approximate surface area is 99.1 Å². The summed E-state index contributed by atoms with van der Waals surface area (Å²) in [6.07, 6.45) is 3.75. The first-order valence-electron chi connectivity index (χ1n) is 5.45. The van der Waals surface area contributed by atoms with E-state index in [9.17, 15) is 9.18 Å². The number of nitrogens with zero attached hydrogens (tertiary/aromatic N) is 1. The average molecular weight is 232 g/mol. The highest BCUT2D eigenvalue weighted by molar-refractivity contribution is 6.10. The number of amides is 1. The van der Waals surface area contributed by atoms with Crippen LogP contribution in [-0.4, -0.2) is 18.3 Å². The van der Waals surface area contributed by atoms with E-state index in [4.69, 9.17) is 0 Å². The summed E-state index contributed by atoms with van der Waals surface area (Å²) in [6.45, 7) is 2.71. The van der Waals surface area contributed by atoms with Crippen molar-refractivity contribution < 1.29 is 9.18 Å². The summed E-state index contributed by atoms with van der Waals surface area (Å²) >= 11 is 0. The molecule has 1 atom stereocenters. The maximum Gasteiger partial charge on any atom is 0.256 e. The standard InChI is InChI=1S/C13H13FN2O/c1-9-5-6-12(15-8-9)16-13(17)10-3-2-4-11(14)7-10/h2-7,9H,8H2,1H3,(H,15,16,17). The van der Waals surface area contributed by atoms with Gasteiger partial charge in [0.25, 0.3) is 5.91 Å². The number of benzene rings is 1. The van der Waals surface area contributed by atoms with E-state index in [1.165, 1.54) is 18.2 Å². The highest BCUT2D eigenvalue weighted by atomic mass is 19.1. The van der Waals surface area contributed by atoms with Crippen LogP contribution in [0.15, 0.2) is 41.4 Å². The van der Waals surface area contributed by atoms with Gasteiger partial charge in [-0.1, -0.05) is 19.1 Å². The molecule has 1 aliphatic heterocycles. The predicted octanol–water partition coefficient (Wildman–Crippen LogP) is 2.16. The normalized spacial score (nSPS) is 18.7. The minimum absolute atomic E-state index is 0.291. The molecule has 1 N–H and O–H groups in total. The van der Waals surface area contributed by atoms with Crippen LogP contribution in [0.25, 0.3) is 0 Å². The first kappa shape index (κ1) is 11.5. The molecule has 0 saturated carbocycles. The molecule has 3 nitrogen and oxygen atoms in total. The van der Waals surface area contributed by atoms with Crippen LogP contribution in [0.5, 0.6) is 0 Å². The molecular weight excluding hydrogens is 219 g/mol. The first-order chi connectivity index (χ1) is 8.15. The van der Waals surface area contributed by atoms with E-state index in [1.54, 1.807) is 12.1 Å². The van der Waals surface area contributed by atoms with Crippen molar-refractivity contribution in [1.29, 1.82) is 0 Å². The Morgan fingerprint density at radius 3 is 3.00 bits per heavy atom. The van der Waals surface area contributed by atoms with Gasteiger partial charge < -0.3 is 5.32 Å². The second-order valence-corrected chi connectivity index (χ2v) is 4.03. The Balaban J connectivity index is 2.05. The van der Waals surface area contributed by atoms with Gasteiger partial charge in [-0.05, 0) is 30.2 Å². The van der Waals surface area contributed by atoms with E-state index in [0.29, 0.717) is 23.9 Å². The van der Waals surface area contributed by atoms with Crippen molar-refractivity contribution in [2.75, 3.05) is 6.54 Å². The summed E-state index contributed by atoms with van der Waals surface area (Å²) in [5, 5.41) is 2.64. The lowest BCUT2D eigenvalue weighted by Gasteiger charge is -2.11. The highest BCUT2D eigenvalue weighted by Gasteiger charge is 2.10. The topological polar surface area (TPSA) is 41.5 Å². The van der Waals surface area contributed by atoms with Crippen molar-refractivity contribution in [3.8, 4) is 0 Å². The molecule has 17 heavy (non-hydrogen) atoms. The molecule has 0 saturated heterocycles. The minimum Gasteiger partial charge on any atom is -0.307 e. The number of amidine groups is 1. The number of carbonyl (C=O) groups is 1. The maximum absolute atomic E-state index is 12.9. The second-order valence-electron chi connectivity index (χ2n) is 4.03. The molecule has 4 heteroatoms. The Kier molecular flexibility index (Phi) is 3.32. The molecule has 1 amide bonds. The molecule has 1 aromatic rings. The van der Waals surface area contributed by atoms with Crippen molar-refractivity contribution in [2.45, 2.75) is 6.92 Å². The van der Waals surface area contributed by atoms with Gasteiger partial charge in [0.15, 0.2) is 0 Å². The number of hydrogen-bond donors (Lipinski definition) is 1. The molecule has 0 fully saturated rings. The minimum atomic E-state index is -0.424. The Hall–Kier alpha value is -1.97. The van der Waals surface area contributed by atoms with Crippen LogP contribution < -0.4 is 5.32 Å². The van der Waals surface area contributed by atoms with E-state index in [2.05, 4.69) is 10.3 Å². The summed E-state index contributed by atoms with van der Waals surface area (Å²) in [5.41, 5.74) is 0.291. The van der Waals surface area contributed by atoms with Crippen molar-refractivity contribution in [1.82, 2.24) is 5.32 Å². The van der Waals surface area contributed by atoms with Crippen LogP contribution in [0, 0.1) is 11.7 Å². The summed E-state index contributed by atoms with van der Waals surface area (Å²) in [6, 6.07) is 5.57. The third kappa shape index (κ3) is 3.00. The van der Waals surface area contributed by atoms with Gasteiger partial charge in [-0.2, -0.15) is 0 Å². The third-order valence-electron chi connectivity index (χ3n) is 2.46. The molecule has 0 spiro atoms. The summed E-state index contributed by atoms with van der Waals surface area (Å²) in [5.74, 6) is 0.150. The molecule has 1 aliphatic rings. The average Bonchev–Trinajstić information content (AvgIpc) is 2.32. The van der Waals surface area contributed by atoms with E-state index in [1.807, 2.05) is 13.0 Å². The Morgan fingerprint density at radius 2 is 2.35 bits per heavy atom. The molecular formula is C13H13FN2O. The van der Waals surface area contributed by atoms with Gasteiger partial charge in [0.1, 0.15) is 11.7 Å². The third-order valence-corrected chi connectivity index (χ3v) is 2.46. The zero-order valence-corrected chi connectivity index (χ0v) is 9.48. The SMILES string of the molecule is CC1C=CC(NC(=O)c2cccc(F)c2)=NC1. The lowest BCUT2D eigenvalue weighted by atomic mass is 10.1. The van der Waals surface area contributed by atoms with Gasteiger partial charge in [0.2, 0.25) is 0 Å². The molecule has 1 unspecified atom stereocenters. The number of aliphatic imine (C=N–C) groups is 1. The molecule has 2 rings (SSSR count). The maximum atomic E-state index is 12.9. The summed E-state index contributed by atoms with van der Waals surface area (Å²) in [7, 11) is 0. The fraction of sp³-hybridized carbons (Fsp3) is 0.231. The quantitative estimate of drug-likeness (QED) is 0.792. The van der Waals surface area contributed by atoms with Gasteiger partial charge in [0, 0.05) is 12.1 Å². The van der Waals surface area contributed by atoms with Gasteiger partial charge in [-0.15, -0.1) is 0 Å². The smallest absolute Gasteiger partial charge is 0.256 e. The van der Waals surface area contributed by atoms with Crippen LogP contribution in [-0.2, 0) is 0 Å². The fourth-order valence-corrected chi connectivity index (χ4v) is 1.51. The van der Waals surface area contributed by atoms with E-state index in [0.717, 1.165) is 0 Å². The second kappa shape index (κ2) is 4.91. The lowest BCUT2D eigenvalue weighted by molar-refractivity contribution is 0.0976. The molecule has 0 bridgehead atoms. The zero-order valence-electron chi connectivity index (χ0n) is 9.48. The van der Waals surface area contributed by atoms with Gasteiger partial charge in [0.05, 0.1) is 0 Å². The van der Waals surface area contributed by atoms with E-state index in [-0.39, 0.29) is 5.91 Å². The summed E-state index contributed by atoms with van der Waals surface area (Å²) in [4.78, 5) is 16.0. The van der Waals surface area contributed by atoms with Crippen molar-refractivity contribution in [3.63, 3.8) is 0 Å². The lowest BCUT2D eigenvalue weighted by Crippen LogP contribution is -2.31. The van der Waals surface area contributed by atoms with E-state index >= 15 is 0 Å². The molecule has 1 heterocycles. The number of dihydropyridines is 1. The monoisotopic (exact) mass is 232 g/mol. The molecule has 0 aliphatic carbocycles. The van der Waals surface area contributed by atoms with Crippen LogP contribution in [0.4, 0.5) is 4.39 Å². The van der Waals surface area contributed by atoms with Crippen LogP contribution >= 0.6 is 0 Å². The van der Waals surface area contributed by atoms with Crippen molar-refractivity contribution >= 4 is 11.7 Å². The molecule has 0 radical (unpaired) electrons. The Morgan fingerprint density at radius 1 is 1.53 bits per heavy atom. The van der Waals surface area contributed by atoms with Gasteiger partial charge in [-0.3, -0.25) is 9.79 Å². The number of hydrogen-bond acceptors (Lipinski definition) is 2. The van der Waals surface area contributed by atoms with E-state index < -0.39 is 5.82 Å². The van der Waals surface area contributed by atoms with Gasteiger partial charge in [-0.25, -0.2) is 4.39 Å². The molecule has 1 aromatic carbocycles. The number of nitrogens with one attached hydrogen (secondary N) is 1. The Bertz CT molecular complexity index is 494. The predicted molar refractivity (Wildman–Crippen MR) is 64.5 cm³/mol. The number of rotatable bonds is 1. The van der Waals surface area contributed by atoms with Crippen LogP contribution in [0.3, 0.4) is 0 Å². The first-order valence-corrected chi connectivity index (χ1v) is 5.45. The highest BCUT2D eigenvalue weighted by Crippen LogP contribution is 2.06.